The van der Waals surface area contributed by atoms with Crippen molar-refractivity contribution >= 4 is 28.2 Å². The lowest BCUT2D eigenvalue weighted by Crippen LogP contribution is -2.37. The number of anilines is 1. The SMILES string of the molecule is CC(C)COC1CCN(c2ccnc3cc(Cl)ccc23)CC1. The number of ether oxygens (including phenoxy) is 1. The summed E-state index contributed by atoms with van der Waals surface area (Å²) >= 11 is 6.07. The van der Waals surface area contributed by atoms with Crippen LogP contribution in [0.15, 0.2) is 30.5 Å². The number of hydrogen-bond donors (Lipinski definition) is 0. The zero-order chi connectivity index (χ0) is 15.5. The highest BCUT2D eigenvalue weighted by atomic mass is 35.5. The summed E-state index contributed by atoms with van der Waals surface area (Å²) in [5, 5.41) is 1.91. The number of fused-ring (bicyclic) bond motifs is 1. The van der Waals surface area contributed by atoms with Gasteiger partial charge in [-0.15, -0.1) is 0 Å². The third kappa shape index (κ3) is 3.53. The molecule has 1 aliphatic heterocycles. The molecule has 2 aromatic rings. The summed E-state index contributed by atoms with van der Waals surface area (Å²) in [5.41, 5.74) is 2.21. The summed E-state index contributed by atoms with van der Waals surface area (Å²) in [5.74, 6) is 0.604. The molecule has 4 heteroatoms. The fourth-order valence-corrected chi connectivity index (χ4v) is 3.14. The van der Waals surface area contributed by atoms with Crippen molar-refractivity contribution in [1.29, 1.82) is 0 Å². The number of piperidine rings is 1. The molecule has 0 spiro atoms. The van der Waals surface area contributed by atoms with Gasteiger partial charge in [0.1, 0.15) is 0 Å². The van der Waals surface area contributed by atoms with E-state index in [1.807, 2.05) is 18.3 Å². The van der Waals surface area contributed by atoms with Crippen molar-refractivity contribution in [2.45, 2.75) is 32.8 Å². The van der Waals surface area contributed by atoms with Crippen LogP contribution in [0.2, 0.25) is 5.02 Å². The molecule has 1 aromatic carbocycles. The first-order valence-corrected chi connectivity index (χ1v) is 8.42. The molecule has 2 heterocycles. The molecule has 118 valence electrons. The maximum absolute atomic E-state index is 6.07. The minimum atomic E-state index is 0.404. The van der Waals surface area contributed by atoms with Crippen LogP contribution < -0.4 is 4.90 Å². The summed E-state index contributed by atoms with van der Waals surface area (Å²) in [6, 6.07) is 8.04. The molecule has 1 saturated heterocycles. The first kappa shape index (κ1) is 15.6. The van der Waals surface area contributed by atoms with E-state index >= 15 is 0 Å². The van der Waals surface area contributed by atoms with Crippen molar-refractivity contribution in [2.75, 3.05) is 24.6 Å². The Balaban J connectivity index is 1.71. The first-order chi connectivity index (χ1) is 10.6. The van der Waals surface area contributed by atoms with E-state index in [4.69, 9.17) is 16.3 Å². The van der Waals surface area contributed by atoms with Gasteiger partial charge >= 0.3 is 0 Å². The average molecular weight is 319 g/mol. The van der Waals surface area contributed by atoms with E-state index in [9.17, 15) is 0 Å². The van der Waals surface area contributed by atoms with E-state index in [0.29, 0.717) is 12.0 Å². The van der Waals surface area contributed by atoms with Gasteiger partial charge in [-0.1, -0.05) is 25.4 Å². The second kappa shape index (κ2) is 6.84. The Morgan fingerprint density at radius 1 is 1.27 bits per heavy atom. The fourth-order valence-electron chi connectivity index (χ4n) is 2.97. The highest BCUT2D eigenvalue weighted by Crippen LogP contribution is 2.29. The van der Waals surface area contributed by atoms with Crippen molar-refractivity contribution in [3.05, 3.63) is 35.5 Å². The van der Waals surface area contributed by atoms with E-state index < -0.39 is 0 Å². The van der Waals surface area contributed by atoms with Crippen LogP contribution in [-0.2, 0) is 4.74 Å². The van der Waals surface area contributed by atoms with Gasteiger partial charge in [-0.2, -0.15) is 0 Å². The van der Waals surface area contributed by atoms with Crippen LogP contribution in [0.5, 0.6) is 0 Å². The normalized spacial score (nSPS) is 16.6. The molecule has 3 nitrogen and oxygen atoms in total. The molecule has 0 N–H and O–H groups in total. The van der Waals surface area contributed by atoms with Crippen molar-refractivity contribution < 1.29 is 4.74 Å². The summed E-state index contributed by atoms with van der Waals surface area (Å²) in [4.78, 5) is 6.86. The predicted octanol–water partition coefficient (Wildman–Crippen LogP) is 4.53. The third-order valence-electron chi connectivity index (χ3n) is 4.13. The maximum Gasteiger partial charge on any atom is 0.0737 e. The summed E-state index contributed by atoms with van der Waals surface area (Å²) in [6.45, 7) is 7.32. The Bertz CT molecular complexity index is 636. The van der Waals surface area contributed by atoms with Crippen LogP contribution in [0.4, 0.5) is 5.69 Å². The topological polar surface area (TPSA) is 25.4 Å². The first-order valence-electron chi connectivity index (χ1n) is 8.04. The number of hydrogen-bond acceptors (Lipinski definition) is 3. The van der Waals surface area contributed by atoms with Crippen molar-refractivity contribution in [1.82, 2.24) is 4.98 Å². The van der Waals surface area contributed by atoms with E-state index in [0.717, 1.165) is 43.1 Å². The van der Waals surface area contributed by atoms with Gasteiger partial charge in [0, 0.05) is 42.0 Å². The monoisotopic (exact) mass is 318 g/mol. The molecule has 22 heavy (non-hydrogen) atoms. The number of halogens is 1. The van der Waals surface area contributed by atoms with Crippen LogP contribution in [0.3, 0.4) is 0 Å². The predicted molar refractivity (Wildman–Crippen MR) is 92.8 cm³/mol. The van der Waals surface area contributed by atoms with Crippen molar-refractivity contribution in [3.63, 3.8) is 0 Å². The van der Waals surface area contributed by atoms with Crippen LogP contribution in [0.1, 0.15) is 26.7 Å². The van der Waals surface area contributed by atoms with E-state index in [2.05, 4.69) is 35.9 Å². The van der Waals surface area contributed by atoms with Gasteiger partial charge in [0.25, 0.3) is 0 Å². The van der Waals surface area contributed by atoms with Gasteiger partial charge in [-0.3, -0.25) is 4.98 Å². The van der Waals surface area contributed by atoms with Gasteiger partial charge in [-0.25, -0.2) is 0 Å². The van der Waals surface area contributed by atoms with Gasteiger partial charge in [0.2, 0.25) is 0 Å². The molecular weight excluding hydrogens is 296 g/mol. The largest absolute Gasteiger partial charge is 0.378 e. The van der Waals surface area contributed by atoms with Crippen LogP contribution in [0.25, 0.3) is 10.9 Å². The lowest BCUT2D eigenvalue weighted by molar-refractivity contribution is 0.0215. The molecular formula is C18H23ClN2O. The number of aromatic nitrogens is 1. The van der Waals surface area contributed by atoms with Gasteiger partial charge < -0.3 is 9.64 Å². The molecule has 3 rings (SSSR count). The zero-order valence-corrected chi connectivity index (χ0v) is 14.0. The molecule has 0 radical (unpaired) electrons. The van der Waals surface area contributed by atoms with Crippen molar-refractivity contribution in [2.24, 2.45) is 5.92 Å². The molecule has 0 bridgehead atoms. The number of nitrogens with zero attached hydrogens (tertiary/aromatic N) is 2. The summed E-state index contributed by atoms with van der Waals surface area (Å²) in [6.07, 6.45) is 4.45. The van der Waals surface area contributed by atoms with E-state index in [-0.39, 0.29) is 0 Å². The van der Waals surface area contributed by atoms with Gasteiger partial charge in [0.05, 0.1) is 11.6 Å². The third-order valence-corrected chi connectivity index (χ3v) is 4.36. The second-order valence-electron chi connectivity index (χ2n) is 6.41. The minimum absolute atomic E-state index is 0.404. The average Bonchev–Trinajstić information content (AvgIpc) is 2.52. The molecule has 0 amide bonds. The lowest BCUT2D eigenvalue weighted by atomic mass is 10.1. The standard InChI is InChI=1S/C18H23ClN2O/c1-13(2)12-22-15-6-9-21(10-7-15)18-5-8-20-17-11-14(19)3-4-16(17)18/h3-5,8,11,13,15H,6-7,9-10,12H2,1-2H3. The minimum Gasteiger partial charge on any atom is -0.378 e. The lowest BCUT2D eigenvalue weighted by Gasteiger charge is -2.34. The molecule has 1 aliphatic rings. The second-order valence-corrected chi connectivity index (χ2v) is 6.84. The molecule has 0 atom stereocenters. The Hall–Kier alpha value is -1.32. The van der Waals surface area contributed by atoms with Crippen LogP contribution in [-0.4, -0.2) is 30.8 Å². The quantitative estimate of drug-likeness (QED) is 0.828. The maximum atomic E-state index is 6.07. The van der Waals surface area contributed by atoms with E-state index in [1.54, 1.807) is 0 Å². The fraction of sp³-hybridized carbons (Fsp3) is 0.500. The van der Waals surface area contributed by atoms with Gasteiger partial charge in [-0.05, 0) is 43.0 Å². The number of rotatable bonds is 4. The summed E-state index contributed by atoms with van der Waals surface area (Å²) < 4.78 is 5.98. The van der Waals surface area contributed by atoms with Crippen LogP contribution >= 0.6 is 11.6 Å². The molecule has 0 unspecified atom stereocenters. The molecule has 1 fully saturated rings. The Kier molecular flexibility index (Phi) is 4.84. The molecule has 0 aliphatic carbocycles. The van der Waals surface area contributed by atoms with E-state index in [1.165, 1.54) is 11.1 Å². The molecule has 0 saturated carbocycles. The zero-order valence-electron chi connectivity index (χ0n) is 13.3. The van der Waals surface area contributed by atoms with Gasteiger partial charge in [0.15, 0.2) is 0 Å². The Morgan fingerprint density at radius 3 is 2.77 bits per heavy atom. The smallest absolute Gasteiger partial charge is 0.0737 e. The number of benzene rings is 1. The summed E-state index contributed by atoms with van der Waals surface area (Å²) in [7, 11) is 0. The highest BCUT2D eigenvalue weighted by Gasteiger charge is 2.21. The molecule has 1 aromatic heterocycles. The Labute approximate surface area is 137 Å². The number of pyridine rings is 1. The Morgan fingerprint density at radius 2 is 2.05 bits per heavy atom. The van der Waals surface area contributed by atoms with Crippen LogP contribution in [0, 0.1) is 5.92 Å². The highest BCUT2D eigenvalue weighted by molar-refractivity contribution is 6.31. The van der Waals surface area contributed by atoms with Crippen molar-refractivity contribution in [3.8, 4) is 0 Å².